The van der Waals surface area contributed by atoms with Crippen LogP contribution in [-0.4, -0.2) is 26.4 Å². The van der Waals surface area contributed by atoms with E-state index in [9.17, 15) is 13.6 Å². The van der Waals surface area contributed by atoms with Gasteiger partial charge in [-0.3, -0.25) is 4.79 Å². The number of ether oxygens (including phenoxy) is 1. The fourth-order valence-corrected chi connectivity index (χ4v) is 3.44. The van der Waals surface area contributed by atoms with Gasteiger partial charge in [0.05, 0.1) is 5.75 Å². The number of nitrogens with one attached hydrogen (secondary N) is 1. The Balaban J connectivity index is 1.61. The van der Waals surface area contributed by atoms with Crippen molar-refractivity contribution in [1.82, 2.24) is 14.8 Å². The second-order valence-corrected chi connectivity index (χ2v) is 7.09. The summed E-state index contributed by atoms with van der Waals surface area (Å²) in [5.74, 6) is 0.334. The molecule has 1 aromatic heterocycles. The fourth-order valence-electron chi connectivity index (χ4n) is 2.64. The number of amides is 1. The van der Waals surface area contributed by atoms with Crippen LogP contribution in [0.5, 0.6) is 5.75 Å². The highest BCUT2D eigenvalue weighted by Gasteiger charge is 2.19. The third-order valence-corrected chi connectivity index (χ3v) is 4.98. The number of rotatable bonds is 8. The van der Waals surface area contributed by atoms with Gasteiger partial charge in [-0.05, 0) is 62.4 Å². The molecule has 0 saturated carbocycles. The first-order valence-corrected chi connectivity index (χ1v) is 9.98. The van der Waals surface area contributed by atoms with Crippen LogP contribution < -0.4 is 10.1 Å². The molecule has 3 aromatic rings. The lowest BCUT2D eigenvalue weighted by Gasteiger charge is -2.15. The smallest absolute Gasteiger partial charge is 0.234 e. The molecule has 0 radical (unpaired) electrons. The second-order valence-electron chi connectivity index (χ2n) is 6.14. The Bertz CT molecular complexity index is 962. The van der Waals surface area contributed by atoms with Crippen molar-refractivity contribution in [2.24, 2.45) is 0 Å². The number of nitrogens with zero attached hydrogens (tertiary/aromatic N) is 3. The van der Waals surface area contributed by atoms with E-state index in [4.69, 9.17) is 4.74 Å². The topological polar surface area (TPSA) is 69.0 Å². The molecule has 6 nitrogen and oxygen atoms in total. The molecule has 152 valence electrons. The van der Waals surface area contributed by atoms with E-state index in [0.29, 0.717) is 29.0 Å². The molecule has 0 fully saturated rings. The maximum atomic E-state index is 13.0. The van der Waals surface area contributed by atoms with Crippen molar-refractivity contribution >= 4 is 23.4 Å². The molecule has 0 spiro atoms. The van der Waals surface area contributed by atoms with Gasteiger partial charge >= 0.3 is 0 Å². The van der Waals surface area contributed by atoms with Crippen LogP contribution in [0.15, 0.2) is 53.7 Å². The summed E-state index contributed by atoms with van der Waals surface area (Å²) in [6.45, 7) is 4.37. The van der Waals surface area contributed by atoms with Gasteiger partial charge in [0.25, 0.3) is 0 Å². The highest BCUT2D eigenvalue weighted by molar-refractivity contribution is 7.99. The number of hydrogen-bond donors (Lipinski definition) is 1. The van der Waals surface area contributed by atoms with Crippen molar-refractivity contribution in [1.29, 1.82) is 0 Å². The van der Waals surface area contributed by atoms with Crippen molar-refractivity contribution in [3.8, 4) is 5.75 Å². The second kappa shape index (κ2) is 9.51. The molecular formula is C20H20F2N4O2S. The number of hydrogen-bond acceptors (Lipinski definition) is 5. The van der Waals surface area contributed by atoms with Gasteiger partial charge in [0.1, 0.15) is 17.4 Å². The van der Waals surface area contributed by atoms with E-state index in [0.717, 1.165) is 0 Å². The maximum Gasteiger partial charge on any atom is 0.234 e. The monoisotopic (exact) mass is 418 g/mol. The first kappa shape index (κ1) is 20.8. The average Bonchev–Trinajstić information content (AvgIpc) is 3.13. The van der Waals surface area contributed by atoms with Gasteiger partial charge in [0, 0.05) is 12.2 Å². The van der Waals surface area contributed by atoms with Crippen LogP contribution in [0.1, 0.15) is 25.8 Å². The Kier molecular flexibility index (Phi) is 6.82. The van der Waals surface area contributed by atoms with E-state index in [1.165, 1.54) is 48.2 Å². The van der Waals surface area contributed by atoms with Crippen LogP contribution in [0.25, 0.3) is 0 Å². The van der Waals surface area contributed by atoms with Crippen molar-refractivity contribution in [2.45, 2.75) is 31.7 Å². The number of thioether (sulfide) groups is 1. The summed E-state index contributed by atoms with van der Waals surface area (Å²) in [5.41, 5.74) is 0.524. The molecule has 0 aliphatic rings. The SMILES string of the molecule is CCn1c(SCC(=O)Nc2ccc(F)cc2)nnc1C(C)Oc1ccc(F)cc1. The molecule has 1 heterocycles. The highest BCUT2D eigenvalue weighted by Crippen LogP contribution is 2.25. The van der Waals surface area contributed by atoms with Crippen LogP contribution in [0, 0.1) is 11.6 Å². The van der Waals surface area contributed by atoms with E-state index < -0.39 is 6.10 Å². The molecule has 1 amide bonds. The van der Waals surface area contributed by atoms with Crippen LogP contribution in [0.3, 0.4) is 0 Å². The molecule has 0 bridgehead atoms. The highest BCUT2D eigenvalue weighted by atomic mass is 32.2. The predicted molar refractivity (Wildman–Crippen MR) is 107 cm³/mol. The molecule has 2 aromatic carbocycles. The van der Waals surface area contributed by atoms with Gasteiger partial charge in [0.15, 0.2) is 17.1 Å². The van der Waals surface area contributed by atoms with Crippen LogP contribution in [0.4, 0.5) is 14.5 Å². The summed E-state index contributed by atoms with van der Waals surface area (Å²) in [6.07, 6.45) is -0.407. The molecule has 0 aliphatic heterocycles. The van der Waals surface area contributed by atoms with Crippen molar-refractivity contribution in [3.63, 3.8) is 0 Å². The fraction of sp³-hybridized carbons (Fsp3) is 0.250. The molecular weight excluding hydrogens is 398 g/mol. The van der Waals surface area contributed by atoms with Crippen LogP contribution in [-0.2, 0) is 11.3 Å². The largest absolute Gasteiger partial charge is 0.483 e. The minimum atomic E-state index is -0.407. The normalized spacial score (nSPS) is 11.9. The zero-order valence-corrected chi connectivity index (χ0v) is 16.7. The van der Waals surface area contributed by atoms with Crippen LogP contribution in [0.2, 0.25) is 0 Å². The van der Waals surface area contributed by atoms with Gasteiger partial charge in [0.2, 0.25) is 5.91 Å². The van der Waals surface area contributed by atoms with Gasteiger partial charge < -0.3 is 14.6 Å². The summed E-state index contributed by atoms with van der Waals surface area (Å²) in [7, 11) is 0. The first-order valence-electron chi connectivity index (χ1n) is 8.99. The standard InChI is InChI=1S/C20H20F2N4O2S/c1-3-26-19(13(2)28-17-10-6-15(22)7-11-17)24-25-20(26)29-12-18(27)23-16-8-4-14(21)5-9-16/h4-11,13H,3,12H2,1-2H3,(H,23,27). The van der Waals surface area contributed by atoms with E-state index >= 15 is 0 Å². The Morgan fingerprint density at radius 3 is 2.34 bits per heavy atom. The molecule has 0 saturated heterocycles. The molecule has 9 heteroatoms. The Morgan fingerprint density at radius 2 is 1.72 bits per heavy atom. The molecule has 29 heavy (non-hydrogen) atoms. The summed E-state index contributed by atoms with van der Waals surface area (Å²) >= 11 is 1.25. The molecule has 3 rings (SSSR count). The molecule has 0 aliphatic carbocycles. The van der Waals surface area contributed by atoms with E-state index in [2.05, 4.69) is 15.5 Å². The maximum absolute atomic E-state index is 13.0. The summed E-state index contributed by atoms with van der Waals surface area (Å²) in [5, 5.41) is 11.6. The number of anilines is 1. The number of carbonyl (C=O) groups excluding carboxylic acids is 1. The summed E-state index contributed by atoms with van der Waals surface area (Å²) < 4.78 is 33.7. The zero-order chi connectivity index (χ0) is 20.8. The Hall–Kier alpha value is -2.94. The predicted octanol–water partition coefficient (Wildman–Crippen LogP) is 4.45. The molecule has 1 atom stereocenters. The van der Waals surface area contributed by atoms with Gasteiger partial charge in [-0.2, -0.15) is 0 Å². The Labute approximate surface area is 171 Å². The number of halogens is 2. The van der Waals surface area contributed by atoms with Gasteiger partial charge in [-0.15, -0.1) is 10.2 Å². The lowest BCUT2D eigenvalue weighted by molar-refractivity contribution is -0.113. The number of carbonyl (C=O) groups is 1. The van der Waals surface area contributed by atoms with Crippen molar-refractivity contribution in [3.05, 3.63) is 66.0 Å². The average molecular weight is 418 g/mol. The number of benzene rings is 2. The summed E-state index contributed by atoms with van der Waals surface area (Å²) in [4.78, 5) is 12.1. The molecule has 1 N–H and O–H groups in total. The van der Waals surface area contributed by atoms with Crippen molar-refractivity contribution in [2.75, 3.05) is 11.1 Å². The summed E-state index contributed by atoms with van der Waals surface area (Å²) in [6, 6.07) is 11.3. The quantitative estimate of drug-likeness (QED) is 0.548. The Morgan fingerprint density at radius 1 is 1.10 bits per heavy atom. The van der Waals surface area contributed by atoms with E-state index in [-0.39, 0.29) is 23.3 Å². The van der Waals surface area contributed by atoms with Gasteiger partial charge in [-0.1, -0.05) is 11.8 Å². The minimum absolute atomic E-state index is 0.128. The third kappa shape index (κ3) is 5.54. The van der Waals surface area contributed by atoms with E-state index in [1.54, 1.807) is 12.1 Å². The zero-order valence-electron chi connectivity index (χ0n) is 15.9. The lowest BCUT2D eigenvalue weighted by Crippen LogP contribution is -2.15. The molecule has 1 unspecified atom stereocenters. The first-order chi connectivity index (χ1) is 14.0. The third-order valence-electron chi connectivity index (χ3n) is 4.01. The minimum Gasteiger partial charge on any atom is -0.483 e. The lowest BCUT2D eigenvalue weighted by atomic mass is 10.3. The van der Waals surface area contributed by atoms with Crippen LogP contribution >= 0.6 is 11.8 Å². The van der Waals surface area contributed by atoms with Crippen molar-refractivity contribution < 1.29 is 18.3 Å². The van der Waals surface area contributed by atoms with E-state index in [1.807, 2.05) is 18.4 Å². The van der Waals surface area contributed by atoms with Gasteiger partial charge in [-0.25, -0.2) is 8.78 Å². The number of aromatic nitrogens is 3.